The molecule has 0 aliphatic carbocycles. The van der Waals surface area contributed by atoms with Gasteiger partial charge in [-0.3, -0.25) is 0 Å². The number of hydrogen-bond acceptors (Lipinski definition) is 3. The highest BCUT2D eigenvalue weighted by molar-refractivity contribution is 5.76. The van der Waals surface area contributed by atoms with Crippen molar-refractivity contribution < 1.29 is 4.74 Å². The largest absolute Gasteiger partial charge is 0.382 e. The van der Waals surface area contributed by atoms with E-state index in [0.29, 0.717) is 0 Å². The van der Waals surface area contributed by atoms with Crippen molar-refractivity contribution in [1.29, 1.82) is 0 Å². The van der Waals surface area contributed by atoms with Gasteiger partial charge in [0, 0.05) is 19.8 Å². The molecule has 0 fully saturated rings. The SMILES string of the molecule is CCOCCCn1c(C(C)N)nc2ccccc21. The maximum Gasteiger partial charge on any atom is 0.126 e. The summed E-state index contributed by atoms with van der Waals surface area (Å²) in [6.07, 6.45) is 0.980. The van der Waals surface area contributed by atoms with Crippen LogP contribution in [0.4, 0.5) is 0 Å². The van der Waals surface area contributed by atoms with E-state index in [4.69, 9.17) is 10.5 Å². The zero-order valence-electron chi connectivity index (χ0n) is 11.1. The van der Waals surface area contributed by atoms with Gasteiger partial charge in [-0.2, -0.15) is 0 Å². The molecule has 2 aromatic rings. The molecule has 98 valence electrons. The number of hydrogen-bond donors (Lipinski definition) is 1. The summed E-state index contributed by atoms with van der Waals surface area (Å²) in [6.45, 7) is 6.43. The zero-order chi connectivity index (χ0) is 13.0. The lowest BCUT2D eigenvalue weighted by Gasteiger charge is -2.11. The lowest BCUT2D eigenvalue weighted by Crippen LogP contribution is -2.14. The standard InChI is InChI=1S/C14H21N3O/c1-3-18-10-6-9-17-13-8-5-4-7-12(13)16-14(17)11(2)15/h4-5,7-8,11H,3,6,9-10,15H2,1-2H3. The van der Waals surface area contributed by atoms with Crippen LogP contribution in [-0.4, -0.2) is 22.8 Å². The topological polar surface area (TPSA) is 53.1 Å². The smallest absolute Gasteiger partial charge is 0.126 e. The van der Waals surface area contributed by atoms with Crippen LogP contribution in [0.3, 0.4) is 0 Å². The van der Waals surface area contributed by atoms with E-state index in [-0.39, 0.29) is 6.04 Å². The molecule has 1 heterocycles. The van der Waals surface area contributed by atoms with Crippen LogP contribution in [0.1, 0.15) is 32.1 Å². The molecule has 0 amide bonds. The van der Waals surface area contributed by atoms with E-state index in [0.717, 1.165) is 43.0 Å². The van der Waals surface area contributed by atoms with Gasteiger partial charge in [0.25, 0.3) is 0 Å². The lowest BCUT2D eigenvalue weighted by molar-refractivity contribution is 0.141. The van der Waals surface area contributed by atoms with E-state index in [9.17, 15) is 0 Å². The molecule has 1 aromatic carbocycles. The number of aromatic nitrogens is 2. The summed E-state index contributed by atoms with van der Waals surface area (Å²) < 4.78 is 7.59. The second-order valence-electron chi connectivity index (χ2n) is 4.45. The van der Waals surface area contributed by atoms with Crippen LogP contribution in [-0.2, 0) is 11.3 Å². The molecular formula is C14H21N3O. The molecule has 0 saturated heterocycles. The van der Waals surface area contributed by atoms with Crippen molar-refractivity contribution in [3.63, 3.8) is 0 Å². The molecule has 0 bridgehead atoms. The molecule has 4 nitrogen and oxygen atoms in total. The second-order valence-corrected chi connectivity index (χ2v) is 4.45. The number of rotatable bonds is 6. The summed E-state index contributed by atoms with van der Waals surface area (Å²) in [5.74, 6) is 0.952. The molecule has 2 rings (SSSR count). The fourth-order valence-electron chi connectivity index (χ4n) is 2.15. The first-order valence-corrected chi connectivity index (χ1v) is 6.52. The van der Waals surface area contributed by atoms with Gasteiger partial charge >= 0.3 is 0 Å². The normalized spacial score (nSPS) is 13.1. The van der Waals surface area contributed by atoms with Crippen molar-refractivity contribution in [3.05, 3.63) is 30.1 Å². The number of nitrogens with zero attached hydrogens (tertiary/aromatic N) is 2. The van der Waals surface area contributed by atoms with Crippen molar-refractivity contribution in [2.24, 2.45) is 5.73 Å². The predicted molar refractivity (Wildman–Crippen MR) is 73.4 cm³/mol. The molecule has 4 heteroatoms. The van der Waals surface area contributed by atoms with Crippen molar-refractivity contribution in [1.82, 2.24) is 9.55 Å². The number of ether oxygens (including phenoxy) is 1. The predicted octanol–water partition coefficient (Wildman–Crippen LogP) is 2.48. The third kappa shape index (κ3) is 2.71. The first kappa shape index (κ1) is 13.1. The lowest BCUT2D eigenvalue weighted by atomic mass is 10.3. The molecule has 18 heavy (non-hydrogen) atoms. The number of nitrogens with two attached hydrogens (primary N) is 1. The fourth-order valence-corrected chi connectivity index (χ4v) is 2.15. The Kier molecular flexibility index (Phi) is 4.33. The summed E-state index contributed by atoms with van der Waals surface area (Å²) >= 11 is 0. The Morgan fingerprint density at radius 1 is 1.39 bits per heavy atom. The highest BCUT2D eigenvalue weighted by Crippen LogP contribution is 2.19. The van der Waals surface area contributed by atoms with Crippen molar-refractivity contribution in [2.75, 3.05) is 13.2 Å². The molecule has 0 radical (unpaired) electrons. The van der Waals surface area contributed by atoms with Gasteiger partial charge in [0.2, 0.25) is 0 Å². The molecule has 2 N–H and O–H groups in total. The van der Waals surface area contributed by atoms with Crippen LogP contribution >= 0.6 is 0 Å². The summed E-state index contributed by atoms with van der Waals surface area (Å²) in [5, 5.41) is 0. The Balaban J connectivity index is 2.24. The molecule has 1 unspecified atom stereocenters. The molecule has 0 saturated carbocycles. The highest BCUT2D eigenvalue weighted by Gasteiger charge is 2.12. The molecule has 1 atom stereocenters. The van der Waals surface area contributed by atoms with Gasteiger partial charge in [-0.1, -0.05) is 12.1 Å². The second kappa shape index (κ2) is 5.98. The minimum atomic E-state index is -0.0514. The van der Waals surface area contributed by atoms with Gasteiger partial charge in [-0.05, 0) is 32.4 Å². The van der Waals surface area contributed by atoms with Crippen molar-refractivity contribution in [3.8, 4) is 0 Å². The average molecular weight is 247 g/mol. The van der Waals surface area contributed by atoms with Gasteiger partial charge in [-0.15, -0.1) is 0 Å². The van der Waals surface area contributed by atoms with Crippen LogP contribution < -0.4 is 5.73 Å². The van der Waals surface area contributed by atoms with E-state index in [1.165, 1.54) is 0 Å². The van der Waals surface area contributed by atoms with E-state index in [2.05, 4.69) is 15.6 Å². The van der Waals surface area contributed by atoms with Gasteiger partial charge in [0.1, 0.15) is 5.82 Å². The van der Waals surface area contributed by atoms with Crippen molar-refractivity contribution in [2.45, 2.75) is 32.9 Å². The quantitative estimate of drug-likeness (QED) is 0.798. The van der Waals surface area contributed by atoms with E-state index in [1.807, 2.05) is 32.0 Å². The number of fused-ring (bicyclic) bond motifs is 1. The van der Waals surface area contributed by atoms with Gasteiger partial charge in [-0.25, -0.2) is 4.98 Å². The van der Waals surface area contributed by atoms with Crippen molar-refractivity contribution >= 4 is 11.0 Å². The average Bonchev–Trinajstić information content (AvgIpc) is 2.74. The van der Waals surface area contributed by atoms with E-state index >= 15 is 0 Å². The van der Waals surface area contributed by atoms with Crippen LogP contribution in [0, 0.1) is 0 Å². The first-order chi connectivity index (χ1) is 8.74. The van der Waals surface area contributed by atoms with Crippen LogP contribution in [0.15, 0.2) is 24.3 Å². The van der Waals surface area contributed by atoms with Gasteiger partial charge in [0.15, 0.2) is 0 Å². The molecule has 0 aliphatic rings. The Hall–Kier alpha value is -1.39. The Morgan fingerprint density at radius 3 is 2.89 bits per heavy atom. The Morgan fingerprint density at radius 2 is 2.17 bits per heavy atom. The van der Waals surface area contributed by atoms with Gasteiger partial charge in [0.05, 0.1) is 17.1 Å². The highest BCUT2D eigenvalue weighted by atomic mass is 16.5. The molecular weight excluding hydrogens is 226 g/mol. The Bertz CT molecular complexity index is 505. The van der Waals surface area contributed by atoms with E-state index < -0.39 is 0 Å². The number of imidazole rings is 1. The third-order valence-electron chi connectivity index (χ3n) is 2.97. The minimum Gasteiger partial charge on any atom is -0.382 e. The molecule has 0 spiro atoms. The maximum atomic E-state index is 5.99. The first-order valence-electron chi connectivity index (χ1n) is 6.52. The number of para-hydroxylation sites is 2. The van der Waals surface area contributed by atoms with Crippen LogP contribution in [0.25, 0.3) is 11.0 Å². The van der Waals surface area contributed by atoms with Crippen LogP contribution in [0.5, 0.6) is 0 Å². The summed E-state index contributed by atoms with van der Waals surface area (Å²) in [7, 11) is 0. The zero-order valence-corrected chi connectivity index (χ0v) is 11.1. The fraction of sp³-hybridized carbons (Fsp3) is 0.500. The number of benzene rings is 1. The van der Waals surface area contributed by atoms with Gasteiger partial charge < -0.3 is 15.0 Å². The van der Waals surface area contributed by atoms with Crippen LogP contribution in [0.2, 0.25) is 0 Å². The molecule has 1 aromatic heterocycles. The summed E-state index contributed by atoms with van der Waals surface area (Å²) in [5.41, 5.74) is 8.16. The Labute approximate surface area is 108 Å². The molecule has 0 aliphatic heterocycles. The number of aryl methyl sites for hydroxylation is 1. The maximum absolute atomic E-state index is 5.99. The minimum absolute atomic E-state index is 0.0514. The third-order valence-corrected chi connectivity index (χ3v) is 2.97. The van der Waals surface area contributed by atoms with E-state index in [1.54, 1.807) is 0 Å². The summed E-state index contributed by atoms with van der Waals surface area (Å²) in [6, 6.07) is 8.11. The summed E-state index contributed by atoms with van der Waals surface area (Å²) in [4.78, 5) is 4.61. The monoisotopic (exact) mass is 247 g/mol.